The zero-order valence-corrected chi connectivity index (χ0v) is 18.1. The summed E-state index contributed by atoms with van der Waals surface area (Å²) >= 11 is 0. The summed E-state index contributed by atoms with van der Waals surface area (Å²) in [6.07, 6.45) is 1.47. The van der Waals surface area contributed by atoms with E-state index in [4.69, 9.17) is 4.74 Å². The van der Waals surface area contributed by atoms with E-state index in [0.29, 0.717) is 25.3 Å². The van der Waals surface area contributed by atoms with Gasteiger partial charge in [-0.05, 0) is 51.8 Å². The van der Waals surface area contributed by atoms with E-state index in [0.717, 1.165) is 35.0 Å². The van der Waals surface area contributed by atoms with Crippen molar-refractivity contribution < 1.29 is 19.1 Å². The van der Waals surface area contributed by atoms with Crippen molar-refractivity contribution in [3.8, 4) is 0 Å². The molecule has 30 heavy (non-hydrogen) atoms. The normalized spacial score (nSPS) is 16.4. The van der Waals surface area contributed by atoms with Crippen LogP contribution in [0.2, 0.25) is 0 Å². The van der Waals surface area contributed by atoms with Gasteiger partial charge in [-0.2, -0.15) is 0 Å². The third-order valence-electron chi connectivity index (χ3n) is 5.44. The van der Waals surface area contributed by atoms with Crippen LogP contribution in [0.5, 0.6) is 0 Å². The largest absolute Gasteiger partial charge is 0.466 e. The van der Waals surface area contributed by atoms with Crippen LogP contribution in [0.25, 0.3) is 10.9 Å². The second-order valence-corrected chi connectivity index (χ2v) is 7.92. The second kappa shape index (κ2) is 9.24. The third kappa shape index (κ3) is 4.78. The van der Waals surface area contributed by atoms with E-state index in [2.05, 4.69) is 4.98 Å². The lowest BCUT2D eigenvalue weighted by molar-refractivity contribution is -0.151. The molecule has 1 aliphatic rings. The molecule has 1 saturated heterocycles. The van der Waals surface area contributed by atoms with E-state index in [1.54, 1.807) is 24.9 Å². The first-order valence-electron chi connectivity index (χ1n) is 10.4. The second-order valence-electron chi connectivity index (χ2n) is 7.92. The number of pyridine rings is 1. The number of amides is 2. The first-order chi connectivity index (χ1) is 14.3. The standard InChI is InChI=1S/C23H29N3O4/c1-5-30-23(29)17-7-6-10-26(13-17)21(27)14-25(4)22(28)19-12-16(3)24-20-9-8-15(2)11-18(19)20/h8-9,11-12,17H,5-7,10,13-14H2,1-4H3. The molecule has 0 saturated carbocycles. The van der Waals surface area contributed by atoms with Crippen LogP contribution in [-0.4, -0.2) is 65.9 Å². The lowest BCUT2D eigenvalue weighted by Gasteiger charge is -2.32. The van der Waals surface area contributed by atoms with Gasteiger partial charge < -0.3 is 14.5 Å². The highest BCUT2D eigenvalue weighted by atomic mass is 16.5. The molecule has 7 nitrogen and oxygen atoms in total. The Morgan fingerprint density at radius 1 is 1.23 bits per heavy atom. The number of aromatic nitrogens is 1. The van der Waals surface area contributed by atoms with Crippen LogP contribution in [-0.2, 0) is 14.3 Å². The van der Waals surface area contributed by atoms with Crippen LogP contribution in [0.1, 0.15) is 41.4 Å². The number of nitrogens with zero attached hydrogens (tertiary/aromatic N) is 3. The Hall–Kier alpha value is -2.96. The Kier molecular flexibility index (Phi) is 6.70. The fourth-order valence-corrected chi connectivity index (χ4v) is 3.89. The molecule has 2 heterocycles. The van der Waals surface area contributed by atoms with E-state index >= 15 is 0 Å². The molecule has 160 valence electrons. The fraction of sp³-hybridized carbons (Fsp3) is 0.478. The fourth-order valence-electron chi connectivity index (χ4n) is 3.89. The average molecular weight is 412 g/mol. The summed E-state index contributed by atoms with van der Waals surface area (Å²) in [5.74, 6) is -0.929. The van der Waals surface area contributed by atoms with Crippen LogP contribution >= 0.6 is 0 Å². The number of aryl methyl sites for hydroxylation is 2. The van der Waals surface area contributed by atoms with Crippen LogP contribution in [0.15, 0.2) is 24.3 Å². The first kappa shape index (κ1) is 21.7. The smallest absolute Gasteiger partial charge is 0.310 e. The zero-order chi connectivity index (χ0) is 21.8. The Labute approximate surface area is 177 Å². The van der Waals surface area contributed by atoms with Crippen molar-refractivity contribution in [2.75, 3.05) is 33.3 Å². The number of hydrogen-bond donors (Lipinski definition) is 0. The molecule has 1 aliphatic heterocycles. The molecule has 2 aromatic rings. The molecule has 0 N–H and O–H groups in total. The molecule has 1 unspecified atom stereocenters. The number of esters is 1. The molecule has 7 heteroatoms. The molecule has 1 aromatic heterocycles. The van der Waals surface area contributed by atoms with E-state index < -0.39 is 0 Å². The van der Waals surface area contributed by atoms with Gasteiger partial charge in [0, 0.05) is 31.2 Å². The molecule has 0 aliphatic carbocycles. The Balaban J connectivity index is 1.73. The van der Waals surface area contributed by atoms with Gasteiger partial charge in [0.1, 0.15) is 0 Å². The number of benzene rings is 1. The van der Waals surface area contributed by atoms with Gasteiger partial charge in [-0.15, -0.1) is 0 Å². The molecule has 0 bridgehead atoms. The Morgan fingerprint density at radius 2 is 2.00 bits per heavy atom. The number of rotatable bonds is 5. The van der Waals surface area contributed by atoms with Crippen molar-refractivity contribution in [2.45, 2.75) is 33.6 Å². The summed E-state index contributed by atoms with van der Waals surface area (Å²) in [5.41, 5.74) is 3.10. The molecule has 3 rings (SSSR count). The number of carbonyl (C=O) groups is 3. The summed E-state index contributed by atoms with van der Waals surface area (Å²) in [7, 11) is 1.63. The van der Waals surface area contributed by atoms with Gasteiger partial charge in [-0.25, -0.2) is 0 Å². The topological polar surface area (TPSA) is 79.8 Å². The maximum Gasteiger partial charge on any atom is 0.310 e. The van der Waals surface area contributed by atoms with Crippen LogP contribution in [0, 0.1) is 19.8 Å². The van der Waals surface area contributed by atoms with Gasteiger partial charge in [0.25, 0.3) is 5.91 Å². The SMILES string of the molecule is CCOC(=O)C1CCCN(C(=O)CN(C)C(=O)c2cc(C)nc3ccc(C)cc23)C1. The van der Waals surface area contributed by atoms with Gasteiger partial charge in [-0.1, -0.05) is 11.6 Å². The van der Waals surface area contributed by atoms with Crippen molar-refractivity contribution in [3.63, 3.8) is 0 Å². The summed E-state index contributed by atoms with van der Waals surface area (Å²) in [4.78, 5) is 45.6. The monoisotopic (exact) mass is 411 g/mol. The molecule has 0 spiro atoms. The van der Waals surface area contributed by atoms with Gasteiger partial charge in [0.15, 0.2) is 0 Å². The summed E-state index contributed by atoms with van der Waals surface area (Å²) in [6, 6.07) is 7.58. The van der Waals surface area contributed by atoms with Gasteiger partial charge in [0.05, 0.1) is 30.1 Å². The Morgan fingerprint density at radius 3 is 2.73 bits per heavy atom. The lowest BCUT2D eigenvalue weighted by atomic mass is 9.98. The maximum atomic E-state index is 13.2. The van der Waals surface area contributed by atoms with Crippen molar-refractivity contribution in [3.05, 3.63) is 41.1 Å². The minimum atomic E-state index is -0.293. The van der Waals surface area contributed by atoms with Crippen molar-refractivity contribution >= 4 is 28.7 Å². The van der Waals surface area contributed by atoms with Crippen LogP contribution < -0.4 is 0 Å². The van der Waals surface area contributed by atoms with Gasteiger partial charge in [0.2, 0.25) is 5.91 Å². The minimum Gasteiger partial charge on any atom is -0.466 e. The average Bonchev–Trinajstić information content (AvgIpc) is 2.73. The van der Waals surface area contributed by atoms with E-state index in [9.17, 15) is 14.4 Å². The minimum absolute atomic E-state index is 0.0386. The highest BCUT2D eigenvalue weighted by molar-refractivity contribution is 6.07. The molecule has 1 atom stereocenters. The number of fused-ring (bicyclic) bond motifs is 1. The summed E-state index contributed by atoms with van der Waals surface area (Å²) < 4.78 is 5.10. The van der Waals surface area contributed by atoms with Crippen molar-refractivity contribution in [2.24, 2.45) is 5.92 Å². The zero-order valence-electron chi connectivity index (χ0n) is 18.1. The third-order valence-corrected chi connectivity index (χ3v) is 5.44. The molecule has 0 radical (unpaired) electrons. The maximum absolute atomic E-state index is 13.2. The molecule has 2 amide bonds. The number of carbonyl (C=O) groups excluding carboxylic acids is 3. The van der Waals surface area contributed by atoms with Crippen LogP contribution in [0.4, 0.5) is 0 Å². The van der Waals surface area contributed by atoms with Gasteiger partial charge >= 0.3 is 5.97 Å². The predicted molar refractivity (Wildman–Crippen MR) is 114 cm³/mol. The molecule has 1 fully saturated rings. The quantitative estimate of drug-likeness (QED) is 0.707. The molecular formula is C23H29N3O4. The number of likely N-dealkylation sites (N-methyl/N-ethyl adjacent to an activating group) is 1. The van der Waals surface area contributed by atoms with Crippen molar-refractivity contribution in [1.29, 1.82) is 0 Å². The first-order valence-corrected chi connectivity index (χ1v) is 10.4. The van der Waals surface area contributed by atoms with E-state index in [-0.39, 0.29) is 30.2 Å². The summed E-state index contributed by atoms with van der Waals surface area (Å²) in [6.45, 7) is 6.82. The van der Waals surface area contributed by atoms with E-state index in [1.165, 1.54) is 4.90 Å². The molecule has 1 aromatic carbocycles. The molecular weight excluding hydrogens is 382 g/mol. The number of likely N-dealkylation sites (tertiary alicyclic amines) is 1. The highest BCUT2D eigenvalue weighted by Gasteiger charge is 2.30. The van der Waals surface area contributed by atoms with Crippen LogP contribution in [0.3, 0.4) is 0 Å². The number of hydrogen-bond acceptors (Lipinski definition) is 5. The summed E-state index contributed by atoms with van der Waals surface area (Å²) in [5, 5.41) is 0.783. The number of piperidine rings is 1. The highest BCUT2D eigenvalue weighted by Crippen LogP contribution is 2.22. The van der Waals surface area contributed by atoms with Gasteiger partial charge in [-0.3, -0.25) is 19.4 Å². The lowest BCUT2D eigenvalue weighted by Crippen LogP contribution is -2.47. The number of ether oxygens (including phenoxy) is 1. The Bertz CT molecular complexity index is 972. The van der Waals surface area contributed by atoms with Crippen molar-refractivity contribution in [1.82, 2.24) is 14.8 Å². The predicted octanol–water partition coefficient (Wildman–Crippen LogP) is 2.73. The van der Waals surface area contributed by atoms with E-state index in [1.807, 2.05) is 32.0 Å².